The summed E-state index contributed by atoms with van der Waals surface area (Å²) < 4.78 is 0. The SMILES string of the molecule is Cl.O=C(CCl)NCCCc1nc(C2CC2)n[nH]1. The third-order valence-corrected chi connectivity index (χ3v) is 2.77. The quantitative estimate of drug-likeness (QED) is 0.610. The molecule has 7 heteroatoms. The highest BCUT2D eigenvalue weighted by atomic mass is 35.5. The number of hydrogen-bond donors (Lipinski definition) is 2. The van der Waals surface area contributed by atoms with Crippen LogP contribution in [0.5, 0.6) is 0 Å². The maximum atomic E-state index is 10.8. The smallest absolute Gasteiger partial charge is 0.234 e. The molecule has 2 N–H and O–H groups in total. The fraction of sp³-hybridized carbons (Fsp3) is 0.700. The third kappa shape index (κ3) is 4.52. The number of alkyl halides is 1. The van der Waals surface area contributed by atoms with Crippen LogP contribution in [0.2, 0.25) is 0 Å². The van der Waals surface area contributed by atoms with Gasteiger partial charge in [0.2, 0.25) is 5.91 Å². The van der Waals surface area contributed by atoms with Crippen molar-refractivity contribution in [3.05, 3.63) is 11.6 Å². The lowest BCUT2D eigenvalue weighted by molar-refractivity contribution is -0.118. The summed E-state index contributed by atoms with van der Waals surface area (Å²) >= 11 is 5.35. The molecule has 1 aromatic rings. The molecule has 1 aromatic heterocycles. The van der Waals surface area contributed by atoms with Crippen molar-refractivity contribution in [2.45, 2.75) is 31.6 Å². The zero-order chi connectivity index (χ0) is 11.4. The molecule has 0 atom stereocenters. The van der Waals surface area contributed by atoms with Crippen LogP contribution in [-0.4, -0.2) is 33.5 Å². The van der Waals surface area contributed by atoms with E-state index in [-0.39, 0.29) is 24.2 Å². The minimum absolute atomic E-state index is 0. The molecule has 0 bridgehead atoms. The van der Waals surface area contributed by atoms with Gasteiger partial charge in [0.05, 0.1) is 0 Å². The lowest BCUT2D eigenvalue weighted by Gasteiger charge is -2.00. The molecule has 17 heavy (non-hydrogen) atoms. The van der Waals surface area contributed by atoms with Gasteiger partial charge >= 0.3 is 0 Å². The zero-order valence-electron chi connectivity index (χ0n) is 9.41. The molecule has 0 radical (unpaired) electrons. The second-order valence-corrected chi connectivity index (χ2v) is 4.27. The lowest BCUT2D eigenvalue weighted by Crippen LogP contribution is -2.25. The predicted octanol–water partition coefficient (Wildman–Crippen LogP) is 1.39. The van der Waals surface area contributed by atoms with Crippen molar-refractivity contribution in [3.63, 3.8) is 0 Å². The number of aryl methyl sites for hydroxylation is 1. The summed E-state index contributed by atoms with van der Waals surface area (Å²) in [6.45, 7) is 0.630. The van der Waals surface area contributed by atoms with Gasteiger partial charge in [0.25, 0.3) is 0 Å². The number of halogens is 2. The highest BCUT2D eigenvalue weighted by Gasteiger charge is 2.27. The molecule has 0 spiro atoms. The Morgan fingerprint density at radius 1 is 1.53 bits per heavy atom. The van der Waals surface area contributed by atoms with E-state index in [0.29, 0.717) is 12.5 Å². The molecule has 1 amide bonds. The van der Waals surface area contributed by atoms with Gasteiger partial charge in [-0.15, -0.1) is 24.0 Å². The van der Waals surface area contributed by atoms with Gasteiger partial charge in [-0.2, -0.15) is 5.10 Å². The summed E-state index contributed by atoms with van der Waals surface area (Å²) in [5.41, 5.74) is 0. The minimum Gasteiger partial charge on any atom is -0.355 e. The van der Waals surface area contributed by atoms with Crippen molar-refractivity contribution < 1.29 is 4.79 Å². The zero-order valence-corrected chi connectivity index (χ0v) is 11.0. The van der Waals surface area contributed by atoms with Crippen LogP contribution in [0.25, 0.3) is 0 Å². The van der Waals surface area contributed by atoms with E-state index in [0.717, 1.165) is 24.5 Å². The number of hydrogen-bond acceptors (Lipinski definition) is 3. The van der Waals surface area contributed by atoms with E-state index in [1.54, 1.807) is 0 Å². The van der Waals surface area contributed by atoms with Crippen LogP contribution < -0.4 is 5.32 Å². The van der Waals surface area contributed by atoms with Gasteiger partial charge in [-0.05, 0) is 19.3 Å². The van der Waals surface area contributed by atoms with E-state index in [2.05, 4.69) is 20.5 Å². The van der Waals surface area contributed by atoms with Crippen LogP contribution >= 0.6 is 24.0 Å². The molecule has 1 saturated carbocycles. The number of H-pyrrole nitrogens is 1. The van der Waals surface area contributed by atoms with Crippen LogP contribution in [0.3, 0.4) is 0 Å². The van der Waals surface area contributed by atoms with E-state index in [9.17, 15) is 4.79 Å². The van der Waals surface area contributed by atoms with Crippen LogP contribution in [0.4, 0.5) is 0 Å². The van der Waals surface area contributed by atoms with Crippen molar-refractivity contribution in [1.82, 2.24) is 20.5 Å². The fourth-order valence-electron chi connectivity index (χ4n) is 1.48. The Morgan fingerprint density at radius 2 is 2.29 bits per heavy atom. The van der Waals surface area contributed by atoms with Gasteiger partial charge in [0, 0.05) is 18.9 Å². The molecule has 1 aliphatic rings. The second-order valence-electron chi connectivity index (χ2n) is 4.00. The van der Waals surface area contributed by atoms with Crippen LogP contribution in [0.1, 0.15) is 36.8 Å². The number of aromatic nitrogens is 3. The molecule has 0 aliphatic heterocycles. The number of amides is 1. The van der Waals surface area contributed by atoms with E-state index < -0.39 is 0 Å². The Balaban J connectivity index is 0.00000144. The molecule has 1 aliphatic carbocycles. The van der Waals surface area contributed by atoms with Crippen molar-refractivity contribution in [1.29, 1.82) is 0 Å². The topological polar surface area (TPSA) is 70.7 Å². The standard InChI is InChI=1S/C10H15ClN4O.ClH/c11-6-9(16)12-5-1-2-8-13-10(15-14-8)7-3-4-7;/h7H,1-6H2,(H,12,16)(H,13,14,15);1H. The molecule has 0 unspecified atom stereocenters. The number of rotatable bonds is 6. The summed E-state index contributed by atoms with van der Waals surface area (Å²) in [5, 5.41) is 9.80. The molecule has 2 rings (SSSR count). The summed E-state index contributed by atoms with van der Waals surface area (Å²) in [5.74, 6) is 2.33. The summed E-state index contributed by atoms with van der Waals surface area (Å²) in [6.07, 6.45) is 4.08. The fourth-order valence-corrected chi connectivity index (χ4v) is 1.57. The van der Waals surface area contributed by atoms with Crippen molar-refractivity contribution in [2.24, 2.45) is 0 Å². The van der Waals surface area contributed by atoms with Gasteiger partial charge in [-0.3, -0.25) is 9.89 Å². The van der Waals surface area contributed by atoms with Gasteiger partial charge in [-0.1, -0.05) is 0 Å². The molecule has 5 nitrogen and oxygen atoms in total. The number of aromatic amines is 1. The molecule has 0 aromatic carbocycles. The first kappa shape index (κ1) is 14.3. The molecule has 0 saturated heterocycles. The molecular weight excluding hydrogens is 263 g/mol. The lowest BCUT2D eigenvalue weighted by atomic mass is 10.3. The second kappa shape index (κ2) is 6.81. The van der Waals surface area contributed by atoms with Gasteiger partial charge in [0.15, 0.2) is 5.82 Å². The number of nitrogens with zero attached hydrogens (tertiary/aromatic N) is 2. The Hall–Kier alpha value is -0.810. The number of carbonyl (C=O) groups is 1. The first-order valence-electron chi connectivity index (χ1n) is 5.53. The van der Waals surface area contributed by atoms with Crippen molar-refractivity contribution in [3.8, 4) is 0 Å². The first-order valence-corrected chi connectivity index (χ1v) is 6.07. The molecule has 96 valence electrons. The Kier molecular flexibility index (Phi) is 5.71. The van der Waals surface area contributed by atoms with Crippen LogP contribution in [-0.2, 0) is 11.2 Å². The van der Waals surface area contributed by atoms with Crippen molar-refractivity contribution >= 4 is 29.9 Å². The average molecular weight is 279 g/mol. The Morgan fingerprint density at radius 3 is 2.94 bits per heavy atom. The van der Waals surface area contributed by atoms with Crippen molar-refractivity contribution in [2.75, 3.05) is 12.4 Å². The largest absolute Gasteiger partial charge is 0.355 e. The normalized spacial score (nSPS) is 14.2. The highest BCUT2D eigenvalue weighted by molar-refractivity contribution is 6.27. The van der Waals surface area contributed by atoms with E-state index in [1.807, 2.05) is 0 Å². The van der Waals surface area contributed by atoms with E-state index in [4.69, 9.17) is 11.6 Å². The predicted molar refractivity (Wildman–Crippen MR) is 67.7 cm³/mol. The van der Waals surface area contributed by atoms with E-state index in [1.165, 1.54) is 12.8 Å². The molecular formula is C10H16Cl2N4O. The molecule has 1 heterocycles. The Bertz CT molecular complexity index is 365. The van der Waals surface area contributed by atoms with Gasteiger partial charge in [0.1, 0.15) is 11.7 Å². The highest BCUT2D eigenvalue weighted by Crippen LogP contribution is 2.37. The average Bonchev–Trinajstić information content (AvgIpc) is 3.05. The maximum absolute atomic E-state index is 10.8. The number of nitrogens with one attached hydrogen (secondary N) is 2. The summed E-state index contributed by atoms with van der Waals surface area (Å²) in [6, 6.07) is 0. The van der Waals surface area contributed by atoms with Crippen LogP contribution in [0, 0.1) is 0 Å². The van der Waals surface area contributed by atoms with Gasteiger partial charge in [-0.25, -0.2) is 4.98 Å². The van der Waals surface area contributed by atoms with Gasteiger partial charge < -0.3 is 5.32 Å². The summed E-state index contributed by atoms with van der Waals surface area (Å²) in [7, 11) is 0. The third-order valence-electron chi connectivity index (χ3n) is 2.53. The maximum Gasteiger partial charge on any atom is 0.234 e. The monoisotopic (exact) mass is 278 g/mol. The Labute approximate surface area is 111 Å². The number of carbonyl (C=O) groups excluding carboxylic acids is 1. The van der Waals surface area contributed by atoms with Crippen LogP contribution in [0.15, 0.2) is 0 Å². The minimum atomic E-state index is -0.127. The first-order chi connectivity index (χ1) is 7.79. The summed E-state index contributed by atoms with van der Waals surface area (Å²) in [4.78, 5) is 15.2. The van der Waals surface area contributed by atoms with E-state index >= 15 is 0 Å². The molecule has 1 fully saturated rings.